The molecule has 1 amide bonds. The lowest BCUT2D eigenvalue weighted by atomic mass is 9.94. The number of aliphatic imine (C=N–C) groups is 1. The highest BCUT2D eigenvalue weighted by atomic mass is 35.5. The van der Waals surface area contributed by atoms with E-state index in [-0.39, 0.29) is 5.91 Å². The highest BCUT2D eigenvalue weighted by Gasteiger charge is 2.42. The maximum absolute atomic E-state index is 12.5. The zero-order valence-electron chi connectivity index (χ0n) is 11.6. The lowest BCUT2D eigenvalue weighted by Crippen LogP contribution is -2.41. The van der Waals surface area contributed by atoms with Crippen LogP contribution in [0, 0.1) is 0 Å². The Labute approximate surface area is 127 Å². The van der Waals surface area contributed by atoms with Gasteiger partial charge in [0.1, 0.15) is 0 Å². The highest BCUT2D eigenvalue weighted by Crippen LogP contribution is 2.41. The number of aromatic nitrogens is 2. The van der Waals surface area contributed by atoms with Gasteiger partial charge in [0.15, 0.2) is 10.7 Å². The molecule has 1 aromatic heterocycles. The molecule has 6 heteroatoms. The second-order valence-corrected chi connectivity index (χ2v) is 5.64. The SMILES string of the molecule is Cn1ncc2c1N=CCC2(Cl)C(=O)NCc1ccccc1. The zero-order chi connectivity index (χ0) is 14.9. The lowest BCUT2D eigenvalue weighted by Gasteiger charge is -2.26. The summed E-state index contributed by atoms with van der Waals surface area (Å²) in [6.07, 6.45) is 3.63. The Balaban J connectivity index is 1.79. The number of alkyl halides is 1. The van der Waals surface area contributed by atoms with Crippen molar-refractivity contribution in [1.29, 1.82) is 0 Å². The number of aryl methyl sites for hydroxylation is 1. The molecule has 1 aromatic carbocycles. The van der Waals surface area contributed by atoms with Gasteiger partial charge in [-0.25, -0.2) is 4.99 Å². The van der Waals surface area contributed by atoms with Crippen LogP contribution in [0.2, 0.25) is 0 Å². The first-order valence-corrected chi connectivity index (χ1v) is 7.05. The summed E-state index contributed by atoms with van der Waals surface area (Å²) in [5.41, 5.74) is 1.68. The maximum Gasteiger partial charge on any atom is 0.246 e. The van der Waals surface area contributed by atoms with E-state index >= 15 is 0 Å². The third-order valence-electron chi connectivity index (χ3n) is 3.58. The molecule has 0 saturated carbocycles. The van der Waals surface area contributed by atoms with Crippen molar-refractivity contribution in [2.45, 2.75) is 17.8 Å². The third-order valence-corrected chi connectivity index (χ3v) is 4.11. The molecule has 2 aromatic rings. The molecule has 2 heterocycles. The quantitative estimate of drug-likeness (QED) is 0.884. The molecule has 5 nitrogen and oxygen atoms in total. The van der Waals surface area contributed by atoms with Crippen LogP contribution in [0.25, 0.3) is 0 Å². The van der Waals surface area contributed by atoms with Gasteiger partial charge in [-0.1, -0.05) is 30.3 Å². The normalized spacial score (nSPS) is 20.1. The van der Waals surface area contributed by atoms with Crippen LogP contribution in [0.3, 0.4) is 0 Å². The molecule has 0 radical (unpaired) electrons. The first-order valence-electron chi connectivity index (χ1n) is 6.67. The molecule has 108 valence electrons. The summed E-state index contributed by atoms with van der Waals surface area (Å²) < 4.78 is 1.62. The summed E-state index contributed by atoms with van der Waals surface area (Å²) in [5.74, 6) is 0.402. The molecule has 1 unspecified atom stereocenters. The Morgan fingerprint density at radius 3 is 2.95 bits per heavy atom. The summed E-state index contributed by atoms with van der Waals surface area (Å²) in [6.45, 7) is 0.445. The minimum Gasteiger partial charge on any atom is -0.350 e. The topological polar surface area (TPSA) is 59.3 Å². The predicted octanol–water partition coefficient (Wildman–Crippen LogP) is 2.28. The molecule has 1 aliphatic rings. The van der Waals surface area contributed by atoms with Crippen LogP contribution in [0.15, 0.2) is 41.5 Å². The van der Waals surface area contributed by atoms with Crippen molar-refractivity contribution in [1.82, 2.24) is 15.1 Å². The number of carbonyl (C=O) groups excluding carboxylic acids is 1. The van der Waals surface area contributed by atoms with E-state index in [4.69, 9.17) is 11.6 Å². The van der Waals surface area contributed by atoms with Crippen molar-refractivity contribution in [2.24, 2.45) is 12.0 Å². The Morgan fingerprint density at radius 2 is 2.19 bits per heavy atom. The van der Waals surface area contributed by atoms with Crippen molar-refractivity contribution in [3.8, 4) is 0 Å². The number of hydrogen-bond donors (Lipinski definition) is 1. The van der Waals surface area contributed by atoms with Gasteiger partial charge in [-0.2, -0.15) is 5.10 Å². The van der Waals surface area contributed by atoms with Gasteiger partial charge in [0.05, 0.1) is 6.20 Å². The summed E-state index contributed by atoms with van der Waals surface area (Å²) >= 11 is 6.58. The number of fused-ring (bicyclic) bond motifs is 1. The van der Waals surface area contributed by atoms with Crippen LogP contribution in [0.5, 0.6) is 0 Å². The number of benzene rings is 1. The van der Waals surface area contributed by atoms with E-state index in [0.717, 1.165) is 5.56 Å². The third kappa shape index (κ3) is 2.45. The molecule has 1 atom stereocenters. The van der Waals surface area contributed by atoms with Gasteiger partial charge < -0.3 is 5.32 Å². The summed E-state index contributed by atoms with van der Waals surface area (Å²) in [4.78, 5) is 15.6. The Kier molecular flexibility index (Phi) is 3.51. The first kappa shape index (κ1) is 13.8. The fraction of sp³-hybridized carbons (Fsp3) is 0.267. The van der Waals surface area contributed by atoms with E-state index in [1.165, 1.54) is 0 Å². The Morgan fingerprint density at radius 1 is 1.43 bits per heavy atom. The number of halogens is 1. The fourth-order valence-corrected chi connectivity index (χ4v) is 2.63. The standard InChI is InChI=1S/C15H15ClN4O/c1-20-13-12(10-19-20)15(16,7-8-17-13)14(21)18-9-11-5-3-2-4-6-11/h2-6,8,10H,7,9H2,1H3,(H,18,21). The smallest absolute Gasteiger partial charge is 0.246 e. The monoisotopic (exact) mass is 302 g/mol. The van der Waals surface area contributed by atoms with Crippen LogP contribution < -0.4 is 5.32 Å². The molecule has 1 aliphatic heterocycles. The first-order chi connectivity index (χ1) is 10.1. The van der Waals surface area contributed by atoms with E-state index < -0.39 is 4.87 Å². The van der Waals surface area contributed by atoms with Crippen LogP contribution in [-0.2, 0) is 23.3 Å². The summed E-state index contributed by atoms with van der Waals surface area (Å²) in [5, 5.41) is 7.02. The molecular formula is C15H15ClN4O. The lowest BCUT2D eigenvalue weighted by molar-refractivity contribution is -0.124. The average molecular weight is 303 g/mol. The largest absolute Gasteiger partial charge is 0.350 e. The molecule has 0 aliphatic carbocycles. The van der Waals surface area contributed by atoms with E-state index in [1.807, 2.05) is 30.3 Å². The fourth-order valence-electron chi connectivity index (χ4n) is 2.36. The van der Waals surface area contributed by atoms with Gasteiger partial charge in [0, 0.05) is 31.8 Å². The number of rotatable bonds is 3. The van der Waals surface area contributed by atoms with Gasteiger partial charge in [-0.15, -0.1) is 11.6 Å². The van der Waals surface area contributed by atoms with Gasteiger partial charge >= 0.3 is 0 Å². The number of nitrogens with one attached hydrogen (secondary N) is 1. The van der Waals surface area contributed by atoms with Crippen LogP contribution in [-0.4, -0.2) is 21.9 Å². The van der Waals surface area contributed by atoms with Crippen LogP contribution >= 0.6 is 11.6 Å². The second-order valence-electron chi connectivity index (χ2n) is 4.99. The Bertz CT molecular complexity index is 695. The molecule has 0 fully saturated rings. The Hall–Kier alpha value is -2.14. The second kappa shape index (κ2) is 5.33. The molecule has 21 heavy (non-hydrogen) atoms. The van der Waals surface area contributed by atoms with Gasteiger partial charge in [-0.05, 0) is 5.56 Å². The van der Waals surface area contributed by atoms with Crippen LogP contribution in [0.1, 0.15) is 17.5 Å². The van der Waals surface area contributed by atoms with E-state index in [2.05, 4.69) is 15.4 Å². The average Bonchev–Trinajstić information content (AvgIpc) is 2.89. The molecule has 0 spiro atoms. The van der Waals surface area contributed by atoms with Crippen molar-refractivity contribution < 1.29 is 4.79 Å². The van der Waals surface area contributed by atoms with Gasteiger partial charge in [-0.3, -0.25) is 9.48 Å². The van der Waals surface area contributed by atoms with E-state index in [0.29, 0.717) is 24.3 Å². The predicted molar refractivity (Wildman–Crippen MR) is 81.8 cm³/mol. The molecular weight excluding hydrogens is 288 g/mol. The minimum atomic E-state index is -1.14. The van der Waals surface area contributed by atoms with Gasteiger partial charge in [0.2, 0.25) is 5.91 Å². The van der Waals surface area contributed by atoms with Crippen molar-refractivity contribution in [2.75, 3.05) is 0 Å². The number of nitrogens with zero attached hydrogens (tertiary/aromatic N) is 3. The van der Waals surface area contributed by atoms with E-state index in [1.54, 1.807) is 24.1 Å². The molecule has 0 bridgehead atoms. The molecule has 0 saturated heterocycles. The summed E-state index contributed by atoms with van der Waals surface area (Å²) in [7, 11) is 1.78. The van der Waals surface area contributed by atoms with Crippen LogP contribution in [0.4, 0.5) is 5.82 Å². The maximum atomic E-state index is 12.5. The number of amides is 1. The highest BCUT2D eigenvalue weighted by molar-refractivity contribution is 6.36. The van der Waals surface area contributed by atoms with Crippen molar-refractivity contribution in [3.63, 3.8) is 0 Å². The zero-order valence-corrected chi connectivity index (χ0v) is 12.3. The van der Waals surface area contributed by atoms with Crippen molar-refractivity contribution >= 4 is 29.5 Å². The van der Waals surface area contributed by atoms with Crippen molar-refractivity contribution in [3.05, 3.63) is 47.7 Å². The molecule has 3 rings (SSSR count). The molecule has 1 N–H and O–H groups in total. The minimum absolute atomic E-state index is 0.228. The number of carbonyl (C=O) groups is 1. The van der Waals surface area contributed by atoms with E-state index in [9.17, 15) is 4.79 Å². The van der Waals surface area contributed by atoms with Gasteiger partial charge in [0.25, 0.3) is 0 Å². The number of hydrogen-bond acceptors (Lipinski definition) is 3. The summed E-state index contributed by atoms with van der Waals surface area (Å²) in [6, 6.07) is 9.72.